The minimum absolute atomic E-state index is 0.0675. The summed E-state index contributed by atoms with van der Waals surface area (Å²) in [4.78, 5) is 3.60. The first-order valence-electron chi connectivity index (χ1n) is 4.53. The predicted molar refractivity (Wildman–Crippen MR) is 60.4 cm³/mol. The van der Waals surface area contributed by atoms with Crippen LogP contribution in [0.25, 0.3) is 0 Å². The molecule has 0 radical (unpaired) electrons. The Morgan fingerprint density at radius 3 is 2.38 bits per heavy atom. The van der Waals surface area contributed by atoms with Crippen molar-refractivity contribution in [3.63, 3.8) is 0 Å². The fourth-order valence-corrected chi connectivity index (χ4v) is 2.11. The van der Waals surface area contributed by atoms with E-state index in [0.29, 0.717) is 5.75 Å². The van der Waals surface area contributed by atoms with Crippen molar-refractivity contribution in [3.05, 3.63) is 41.1 Å². The number of benzene rings is 1. The van der Waals surface area contributed by atoms with Gasteiger partial charge in [-0.3, -0.25) is 0 Å². The molecule has 0 atom stereocenters. The van der Waals surface area contributed by atoms with E-state index in [1.54, 1.807) is 12.1 Å². The van der Waals surface area contributed by atoms with Crippen LogP contribution in [-0.2, 0) is 9.84 Å². The zero-order valence-corrected chi connectivity index (χ0v) is 9.36. The first-order valence-corrected chi connectivity index (χ1v) is 6.07. The number of hydrogen-bond donors (Lipinski definition) is 1. The normalized spacial score (nSPS) is 17.8. The molecule has 5 nitrogen and oxygen atoms in total. The summed E-state index contributed by atoms with van der Waals surface area (Å²) in [6.45, 7) is 1.92. The van der Waals surface area contributed by atoms with Crippen LogP contribution in [-0.4, -0.2) is 13.6 Å². The van der Waals surface area contributed by atoms with Crippen LogP contribution < -0.4 is 10.5 Å². The average molecular weight is 238 g/mol. The summed E-state index contributed by atoms with van der Waals surface area (Å²) < 4.78 is 28.0. The number of aliphatic imine (C=N–C) groups is 1. The third kappa shape index (κ3) is 2.06. The standard InChI is InChI=1S/C10H10N2O3S/c1-7-2-4-8(5-3-7)15-10-12-9(11)6-16(10,13)14/h2-6H,11H2,1H3. The van der Waals surface area contributed by atoms with Crippen molar-refractivity contribution in [1.82, 2.24) is 0 Å². The van der Waals surface area contributed by atoms with Crippen molar-refractivity contribution in [2.24, 2.45) is 10.7 Å². The van der Waals surface area contributed by atoms with Gasteiger partial charge in [0.1, 0.15) is 11.6 Å². The van der Waals surface area contributed by atoms with Crippen molar-refractivity contribution in [2.45, 2.75) is 6.92 Å². The van der Waals surface area contributed by atoms with Gasteiger partial charge in [0.15, 0.2) is 0 Å². The molecule has 0 spiro atoms. The summed E-state index contributed by atoms with van der Waals surface area (Å²) in [5.74, 6) is 0.345. The third-order valence-electron chi connectivity index (χ3n) is 1.97. The minimum Gasteiger partial charge on any atom is -0.430 e. The number of nitrogens with zero attached hydrogens (tertiary/aromatic N) is 1. The summed E-state index contributed by atoms with van der Waals surface area (Å²) in [5, 5.41) is 0.491. The summed E-state index contributed by atoms with van der Waals surface area (Å²) in [6, 6.07) is 6.96. The Morgan fingerprint density at radius 1 is 1.25 bits per heavy atom. The maximum Gasteiger partial charge on any atom is 0.321 e. The Morgan fingerprint density at radius 2 is 1.88 bits per heavy atom. The highest BCUT2D eigenvalue weighted by Gasteiger charge is 2.26. The van der Waals surface area contributed by atoms with Crippen molar-refractivity contribution in [3.8, 4) is 5.75 Å². The van der Waals surface area contributed by atoms with Crippen molar-refractivity contribution < 1.29 is 13.2 Å². The summed E-state index contributed by atoms with van der Waals surface area (Å²) >= 11 is 0. The van der Waals surface area contributed by atoms with Gasteiger partial charge in [0.25, 0.3) is 9.84 Å². The van der Waals surface area contributed by atoms with Crippen LogP contribution in [0.5, 0.6) is 5.75 Å². The Hall–Kier alpha value is -1.82. The average Bonchev–Trinajstić information content (AvgIpc) is 2.43. The van der Waals surface area contributed by atoms with E-state index in [-0.39, 0.29) is 11.1 Å². The van der Waals surface area contributed by atoms with E-state index in [4.69, 9.17) is 10.5 Å². The molecule has 1 aliphatic heterocycles. The fraction of sp³-hybridized carbons (Fsp3) is 0.100. The van der Waals surface area contributed by atoms with Gasteiger partial charge in [-0.2, -0.15) is 4.99 Å². The molecule has 1 aliphatic rings. The van der Waals surface area contributed by atoms with Crippen molar-refractivity contribution in [1.29, 1.82) is 0 Å². The molecule has 0 saturated carbocycles. The van der Waals surface area contributed by atoms with Crippen LogP contribution in [0.4, 0.5) is 0 Å². The van der Waals surface area contributed by atoms with Gasteiger partial charge in [0, 0.05) is 0 Å². The number of nitrogens with two attached hydrogens (primary N) is 1. The highest BCUT2D eigenvalue weighted by Crippen LogP contribution is 2.17. The lowest BCUT2D eigenvalue weighted by molar-refractivity contribution is 0.549. The van der Waals surface area contributed by atoms with E-state index in [0.717, 1.165) is 11.0 Å². The summed E-state index contributed by atoms with van der Waals surface area (Å²) in [7, 11) is -3.60. The topological polar surface area (TPSA) is 81.8 Å². The van der Waals surface area contributed by atoms with E-state index in [2.05, 4.69) is 4.99 Å². The van der Waals surface area contributed by atoms with Gasteiger partial charge in [-0.05, 0) is 19.1 Å². The Balaban J connectivity index is 2.25. The van der Waals surface area contributed by atoms with E-state index in [1.807, 2.05) is 19.1 Å². The SMILES string of the molecule is Cc1ccc(OC2=NC(N)=CS2(=O)=O)cc1. The monoisotopic (exact) mass is 238 g/mol. The Kier molecular flexibility index (Phi) is 2.43. The molecule has 0 saturated heterocycles. The molecule has 16 heavy (non-hydrogen) atoms. The molecule has 84 valence electrons. The molecule has 2 rings (SSSR count). The second-order valence-corrected chi connectivity index (χ2v) is 5.06. The van der Waals surface area contributed by atoms with Crippen LogP contribution in [0.3, 0.4) is 0 Å². The minimum atomic E-state index is -3.60. The Labute approximate surface area is 93.2 Å². The van der Waals surface area contributed by atoms with Gasteiger partial charge in [0.2, 0.25) is 0 Å². The largest absolute Gasteiger partial charge is 0.430 e. The van der Waals surface area contributed by atoms with Crippen molar-refractivity contribution >= 4 is 15.1 Å². The molecule has 0 amide bonds. The molecule has 6 heteroatoms. The lowest BCUT2D eigenvalue weighted by Crippen LogP contribution is -2.16. The van der Waals surface area contributed by atoms with Gasteiger partial charge in [-0.1, -0.05) is 17.7 Å². The first-order chi connectivity index (χ1) is 7.47. The molecule has 0 fully saturated rings. The molecule has 2 N–H and O–H groups in total. The molecular formula is C10H10N2O3S. The lowest BCUT2D eigenvalue weighted by Gasteiger charge is -2.03. The zero-order valence-electron chi connectivity index (χ0n) is 8.54. The van der Waals surface area contributed by atoms with Gasteiger partial charge in [0.05, 0.1) is 5.41 Å². The zero-order chi connectivity index (χ0) is 11.8. The number of sulfone groups is 1. The number of aryl methyl sites for hydroxylation is 1. The fourth-order valence-electron chi connectivity index (χ4n) is 1.19. The molecule has 1 heterocycles. The smallest absolute Gasteiger partial charge is 0.321 e. The van der Waals surface area contributed by atoms with Crippen LogP contribution in [0.2, 0.25) is 0 Å². The molecule has 0 unspecified atom stereocenters. The van der Waals surface area contributed by atoms with Gasteiger partial charge < -0.3 is 10.5 Å². The van der Waals surface area contributed by atoms with E-state index >= 15 is 0 Å². The predicted octanol–water partition coefficient (Wildman–Crippen LogP) is 0.916. The lowest BCUT2D eigenvalue weighted by atomic mass is 10.2. The molecular weight excluding hydrogens is 228 g/mol. The van der Waals surface area contributed by atoms with Crippen LogP contribution in [0.1, 0.15) is 5.56 Å². The van der Waals surface area contributed by atoms with E-state index < -0.39 is 9.84 Å². The van der Waals surface area contributed by atoms with Gasteiger partial charge in [-0.25, -0.2) is 8.42 Å². The maximum absolute atomic E-state index is 11.4. The quantitative estimate of drug-likeness (QED) is 0.788. The number of rotatable bonds is 1. The highest BCUT2D eigenvalue weighted by atomic mass is 32.2. The van der Waals surface area contributed by atoms with E-state index in [9.17, 15) is 8.42 Å². The van der Waals surface area contributed by atoms with Crippen LogP contribution >= 0.6 is 0 Å². The number of hydrogen-bond acceptors (Lipinski definition) is 5. The summed E-state index contributed by atoms with van der Waals surface area (Å²) in [5.41, 5.74) is 6.35. The molecule has 1 aromatic carbocycles. The second kappa shape index (κ2) is 3.64. The third-order valence-corrected chi connectivity index (χ3v) is 3.18. The molecule has 1 aromatic rings. The Bertz CT molecular complexity index is 571. The highest BCUT2D eigenvalue weighted by molar-refractivity contribution is 8.08. The first kappa shape index (κ1) is 10.7. The maximum atomic E-state index is 11.4. The van der Waals surface area contributed by atoms with Gasteiger partial charge in [-0.15, -0.1) is 0 Å². The number of ether oxygens (including phenoxy) is 1. The van der Waals surface area contributed by atoms with Crippen LogP contribution in [0, 0.1) is 6.92 Å². The van der Waals surface area contributed by atoms with Crippen LogP contribution in [0.15, 0.2) is 40.5 Å². The van der Waals surface area contributed by atoms with Gasteiger partial charge >= 0.3 is 5.23 Å². The van der Waals surface area contributed by atoms with Crippen molar-refractivity contribution in [2.75, 3.05) is 0 Å². The molecule has 0 aromatic heterocycles. The summed E-state index contributed by atoms with van der Waals surface area (Å²) in [6.07, 6.45) is 0. The van der Waals surface area contributed by atoms with E-state index in [1.165, 1.54) is 0 Å². The second-order valence-electron chi connectivity index (χ2n) is 3.38. The molecule has 0 aliphatic carbocycles. The molecule has 0 bridgehead atoms.